The van der Waals surface area contributed by atoms with Gasteiger partial charge in [-0.15, -0.1) is 0 Å². The summed E-state index contributed by atoms with van der Waals surface area (Å²) in [6.45, 7) is 4.18. The minimum Gasteiger partial charge on any atom is -0.480 e. The quantitative estimate of drug-likeness (QED) is 0.677. The molecule has 1 rings (SSSR count). The lowest BCUT2D eigenvalue weighted by molar-refractivity contribution is -0.140. The third-order valence-electron chi connectivity index (χ3n) is 2.39. The van der Waals surface area contributed by atoms with Crippen molar-refractivity contribution in [1.82, 2.24) is 15.3 Å². The van der Waals surface area contributed by atoms with E-state index in [1.165, 1.54) is 0 Å². The van der Waals surface area contributed by atoms with E-state index in [2.05, 4.69) is 20.6 Å². The molecule has 17 heavy (non-hydrogen) atoms. The summed E-state index contributed by atoms with van der Waals surface area (Å²) in [5, 5.41) is 14.8. The van der Waals surface area contributed by atoms with E-state index in [0.29, 0.717) is 12.5 Å². The van der Waals surface area contributed by atoms with Gasteiger partial charge < -0.3 is 10.4 Å². The number of aliphatic carboxylic acids is 1. The van der Waals surface area contributed by atoms with Crippen LogP contribution in [-0.4, -0.2) is 34.1 Å². The van der Waals surface area contributed by atoms with Crippen molar-refractivity contribution in [1.29, 1.82) is 0 Å². The van der Waals surface area contributed by atoms with Crippen molar-refractivity contribution in [3.05, 3.63) is 18.0 Å². The summed E-state index contributed by atoms with van der Waals surface area (Å²) in [6.07, 6.45) is 3.34. The zero-order valence-corrected chi connectivity index (χ0v) is 10.3. The molecule has 6 heteroatoms. The first-order valence-corrected chi connectivity index (χ1v) is 5.49. The van der Waals surface area contributed by atoms with Gasteiger partial charge >= 0.3 is 5.97 Å². The fourth-order valence-electron chi connectivity index (χ4n) is 1.41. The predicted octanol–water partition coefficient (Wildman–Crippen LogP) is 0.717. The van der Waals surface area contributed by atoms with Crippen LogP contribution in [0.3, 0.4) is 0 Å². The van der Waals surface area contributed by atoms with Crippen LogP contribution in [0.15, 0.2) is 12.4 Å². The molecule has 3 N–H and O–H groups in total. The Kier molecular flexibility index (Phi) is 4.84. The van der Waals surface area contributed by atoms with E-state index >= 15 is 0 Å². The van der Waals surface area contributed by atoms with Gasteiger partial charge in [0.05, 0.1) is 0 Å². The largest absolute Gasteiger partial charge is 0.480 e. The Labute approximate surface area is 100 Å². The Hall–Kier alpha value is -1.69. The van der Waals surface area contributed by atoms with Crippen molar-refractivity contribution in [3.8, 4) is 0 Å². The Morgan fingerprint density at radius 3 is 2.41 bits per heavy atom. The first-order chi connectivity index (χ1) is 8.04. The first-order valence-electron chi connectivity index (χ1n) is 5.49. The maximum atomic E-state index is 11.0. The van der Waals surface area contributed by atoms with Gasteiger partial charge in [0, 0.05) is 31.5 Å². The van der Waals surface area contributed by atoms with Gasteiger partial charge in [0.2, 0.25) is 5.95 Å². The van der Waals surface area contributed by atoms with Gasteiger partial charge in [-0.1, -0.05) is 13.8 Å². The zero-order valence-electron chi connectivity index (χ0n) is 10.3. The molecule has 0 radical (unpaired) electrons. The van der Waals surface area contributed by atoms with Crippen LogP contribution in [0.25, 0.3) is 0 Å². The molecule has 94 valence electrons. The number of carbonyl (C=O) groups is 1. The van der Waals surface area contributed by atoms with Crippen LogP contribution < -0.4 is 10.6 Å². The monoisotopic (exact) mass is 238 g/mol. The molecule has 0 saturated heterocycles. The number of nitrogens with one attached hydrogen (secondary N) is 2. The average Bonchev–Trinajstić information content (AvgIpc) is 2.29. The van der Waals surface area contributed by atoms with Crippen molar-refractivity contribution < 1.29 is 9.90 Å². The number of aromatic nitrogens is 2. The van der Waals surface area contributed by atoms with Crippen molar-refractivity contribution in [2.24, 2.45) is 5.92 Å². The molecule has 0 bridgehead atoms. The molecule has 1 heterocycles. The van der Waals surface area contributed by atoms with Gasteiger partial charge in [-0.3, -0.25) is 10.1 Å². The number of carboxylic acids is 1. The summed E-state index contributed by atoms with van der Waals surface area (Å²) >= 11 is 0. The minimum absolute atomic E-state index is 0.0324. The average molecular weight is 238 g/mol. The molecule has 0 fully saturated rings. The SMILES string of the molecule is CNc1ncc(CNC(C(=O)O)C(C)C)cn1. The number of hydrogen-bond acceptors (Lipinski definition) is 5. The van der Waals surface area contributed by atoms with Crippen LogP contribution in [0.2, 0.25) is 0 Å². The van der Waals surface area contributed by atoms with Gasteiger partial charge in [0.15, 0.2) is 0 Å². The second kappa shape index (κ2) is 6.15. The maximum Gasteiger partial charge on any atom is 0.320 e. The summed E-state index contributed by atoms with van der Waals surface area (Å²) in [5.41, 5.74) is 0.857. The van der Waals surface area contributed by atoms with Crippen LogP contribution in [0.4, 0.5) is 5.95 Å². The highest BCUT2D eigenvalue weighted by molar-refractivity contribution is 5.73. The van der Waals surface area contributed by atoms with Crippen LogP contribution in [0, 0.1) is 5.92 Å². The van der Waals surface area contributed by atoms with E-state index in [9.17, 15) is 4.79 Å². The van der Waals surface area contributed by atoms with Crippen molar-refractivity contribution in [2.75, 3.05) is 12.4 Å². The third kappa shape index (κ3) is 3.99. The maximum absolute atomic E-state index is 11.0. The predicted molar refractivity (Wildman–Crippen MR) is 64.7 cm³/mol. The van der Waals surface area contributed by atoms with Crippen molar-refractivity contribution in [2.45, 2.75) is 26.4 Å². The number of nitrogens with zero attached hydrogens (tertiary/aromatic N) is 2. The molecule has 0 aliphatic rings. The fourth-order valence-corrected chi connectivity index (χ4v) is 1.41. The smallest absolute Gasteiger partial charge is 0.320 e. The molecule has 6 nitrogen and oxygen atoms in total. The summed E-state index contributed by atoms with van der Waals surface area (Å²) in [4.78, 5) is 19.1. The molecule has 0 aliphatic carbocycles. The van der Waals surface area contributed by atoms with E-state index in [4.69, 9.17) is 5.11 Å². The van der Waals surface area contributed by atoms with E-state index in [-0.39, 0.29) is 5.92 Å². The lowest BCUT2D eigenvalue weighted by Gasteiger charge is -2.17. The highest BCUT2D eigenvalue weighted by Crippen LogP contribution is 2.04. The topological polar surface area (TPSA) is 87.1 Å². The third-order valence-corrected chi connectivity index (χ3v) is 2.39. The van der Waals surface area contributed by atoms with Gasteiger partial charge in [-0.2, -0.15) is 0 Å². The van der Waals surface area contributed by atoms with Gasteiger partial charge in [-0.05, 0) is 5.92 Å². The summed E-state index contributed by atoms with van der Waals surface area (Å²) < 4.78 is 0. The summed E-state index contributed by atoms with van der Waals surface area (Å²) in [6, 6.07) is -0.557. The van der Waals surface area contributed by atoms with Crippen LogP contribution >= 0.6 is 0 Å². The van der Waals surface area contributed by atoms with Crippen molar-refractivity contribution >= 4 is 11.9 Å². The zero-order chi connectivity index (χ0) is 12.8. The lowest BCUT2D eigenvalue weighted by Crippen LogP contribution is -2.40. The van der Waals surface area contributed by atoms with E-state index < -0.39 is 12.0 Å². The Morgan fingerprint density at radius 1 is 1.41 bits per heavy atom. The van der Waals surface area contributed by atoms with E-state index in [1.807, 2.05) is 13.8 Å². The van der Waals surface area contributed by atoms with Crippen molar-refractivity contribution in [3.63, 3.8) is 0 Å². The van der Waals surface area contributed by atoms with E-state index in [0.717, 1.165) is 5.56 Å². The lowest BCUT2D eigenvalue weighted by atomic mass is 10.0. The standard InChI is InChI=1S/C11H18N4O2/c1-7(2)9(10(16)17)13-4-8-5-14-11(12-3)15-6-8/h5-7,9,13H,4H2,1-3H3,(H,16,17)(H,12,14,15). The Balaban J connectivity index is 2.56. The fraction of sp³-hybridized carbons (Fsp3) is 0.545. The molecule has 1 aromatic rings. The molecule has 1 aromatic heterocycles. The molecule has 1 atom stereocenters. The minimum atomic E-state index is -0.840. The van der Waals surface area contributed by atoms with E-state index in [1.54, 1.807) is 19.4 Å². The first kappa shape index (κ1) is 13.4. The highest BCUT2D eigenvalue weighted by Gasteiger charge is 2.20. The molecule has 0 spiro atoms. The normalized spacial score (nSPS) is 12.5. The second-order valence-corrected chi connectivity index (χ2v) is 4.11. The highest BCUT2D eigenvalue weighted by atomic mass is 16.4. The van der Waals surface area contributed by atoms with Crippen LogP contribution in [-0.2, 0) is 11.3 Å². The number of anilines is 1. The molecule has 0 saturated carbocycles. The Morgan fingerprint density at radius 2 is 2.00 bits per heavy atom. The Bertz CT molecular complexity index is 364. The molecule has 0 aliphatic heterocycles. The molecule has 0 amide bonds. The summed E-state index contributed by atoms with van der Waals surface area (Å²) in [5.74, 6) is -0.259. The van der Waals surface area contributed by atoms with Gasteiger partial charge in [0.25, 0.3) is 0 Å². The number of hydrogen-bond donors (Lipinski definition) is 3. The van der Waals surface area contributed by atoms with Gasteiger partial charge in [0.1, 0.15) is 6.04 Å². The molecular formula is C11H18N4O2. The van der Waals surface area contributed by atoms with Crippen LogP contribution in [0.1, 0.15) is 19.4 Å². The molecule has 1 unspecified atom stereocenters. The number of carboxylic acid groups (broad SMARTS) is 1. The molecular weight excluding hydrogens is 220 g/mol. The van der Waals surface area contributed by atoms with Gasteiger partial charge in [-0.25, -0.2) is 9.97 Å². The number of rotatable bonds is 6. The van der Waals surface area contributed by atoms with Crippen LogP contribution in [0.5, 0.6) is 0 Å². The second-order valence-electron chi connectivity index (χ2n) is 4.11. The summed E-state index contributed by atoms with van der Waals surface area (Å²) in [7, 11) is 1.74. The molecule has 0 aromatic carbocycles.